The van der Waals surface area contributed by atoms with Crippen LogP contribution in [-0.2, 0) is 18.6 Å². The Labute approximate surface area is 239 Å². The van der Waals surface area contributed by atoms with Gasteiger partial charge in [-0.3, -0.25) is 4.79 Å². The average molecular weight is 551 g/mol. The molecule has 0 spiro atoms. The summed E-state index contributed by atoms with van der Waals surface area (Å²) in [5.74, 6) is -0.964. The van der Waals surface area contributed by atoms with Gasteiger partial charge in [-0.25, -0.2) is 4.79 Å². The van der Waals surface area contributed by atoms with Crippen molar-refractivity contribution in [2.45, 2.75) is 98.6 Å². The van der Waals surface area contributed by atoms with Crippen molar-refractivity contribution in [3.63, 3.8) is 0 Å². The topological polar surface area (TPSA) is 103 Å². The van der Waals surface area contributed by atoms with Crippen molar-refractivity contribution < 1.29 is 33.3 Å². The first-order valence-electron chi connectivity index (χ1n) is 13.8. The van der Waals surface area contributed by atoms with E-state index in [0.717, 1.165) is 16.5 Å². The maximum atomic E-state index is 11.9. The van der Waals surface area contributed by atoms with Crippen molar-refractivity contribution in [3.05, 3.63) is 58.7 Å². The van der Waals surface area contributed by atoms with Gasteiger partial charge in [-0.1, -0.05) is 24.3 Å². The molecule has 2 aliphatic heterocycles. The van der Waals surface area contributed by atoms with E-state index in [1.165, 1.54) is 0 Å². The fourth-order valence-electron chi connectivity index (χ4n) is 4.38. The van der Waals surface area contributed by atoms with E-state index >= 15 is 0 Å². The number of carbonyl (C=O) groups excluding carboxylic acids is 1. The molecular formula is C30H43B2NO7. The zero-order valence-electron chi connectivity index (χ0n) is 25.7. The van der Waals surface area contributed by atoms with E-state index in [1.807, 2.05) is 93.5 Å². The number of carboxylic acid groups (broad SMARTS) is 1. The molecule has 0 aliphatic carbocycles. The summed E-state index contributed by atoms with van der Waals surface area (Å²) in [5, 5.41) is 11.8. The fourth-order valence-corrected chi connectivity index (χ4v) is 4.38. The number of hydrogen-bond donors (Lipinski definition) is 2. The Kier molecular flexibility index (Phi) is 9.02. The summed E-state index contributed by atoms with van der Waals surface area (Å²) in [5.41, 5.74) is 2.92. The molecule has 4 rings (SSSR count). The van der Waals surface area contributed by atoms with Crippen LogP contribution in [0.25, 0.3) is 0 Å². The molecule has 216 valence electrons. The maximum absolute atomic E-state index is 11.9. The summed E-state index contributed by atoms with van der Waals surface area (Å²) in [4.78, 5) is 22.9. The lowest BCUT2D eigenvalue weighted by Crippen LogP contribution is -2.41. The highest BCUT2D eigenvalue weighted by molar-refractivity contribution is 6.62. The smallest absolute Gasteiger partial charge is 0.478 e. The number of nitrogens with one attached hydrogen (secondary N) is 1. The molecule has 2 heterocycles. The van der Waals surface area contributed by atoms with Crippen molar-refractivity contribution in [2.24, 2.45) is 0 Å². The maximum Gasteiger partial charge on any atom is 0.494 e. The summed E-state index contributed by atoms with van der Waals surface area (Å²) < 4.78 is 23.9. The van der Waals surface area contributed by atoms with Gasteiger partial charge in [-0.05, 0) is 110 Å². The largest absolute Gasteiger partial charge is 0.494 e. The van der Waals surface area contributed by atoms with E-state index in [4.69, 9.17) is 23.7 Å². The van der Waals surface area contributed by atoms with Gasteiger partial charge < -0.3 is 29.0 Å². The Hall–Kier alpha value is -2.65. The van der Waals surface area contributed by atoms with Crippen LogP contribution in [0.2, 0.25) is 0 Å². The van der Waals surface area contributed by atoms with Gasteiger partial charge in [0.2, 0.25) is 0 Å². The van der Waals surface area contributed by atoms with E-state index in [9.17, 15) is 9.59 Å². The molecule has 10 heteroatoms. The lowest BCUT2D eigenvalue weighted by Gasteiger charge is -2.32. The number of benzene rings is 2. The number of carboxylic acids is 1. The molecule has 2 aliphatic rings. The molecule has 0 radical (unpaired) electrons. The highest BCUT2D eigenvalue weighted by atomic mass is 16.7. The lowest BCUT2D eigenvalue weighted by molar-refractivity contribution is 0.00578. The monoisotopic (exact) mass is 551 g/mol. The summed E-state index contributed by atoms with van der Waals surface area (Å²) >= 11 is 0. The van der Waals surface area contributed by atoms with E-state index in [0.29, 0.717) is 23.2 Å². The Balaban J connectivity index is 0.000000222. The molecule has 2 aromatic carbocycles. The SMILES string of the molecule is CCNC(=O)c1ccc(B2OC(C)(C)C(C)(C)O2)cc1C.Cc1cc(B2OC(C)(C)C(C)(C)O2)ccc1C(=O)O. The predicted molar refractivity (Wildman–Crippen MR) is 159 cm³/mol. The standard InChI is InChI=1S/C16H24BNO3.C14H19BO4/c1-7-18-14(19)13-9-8-12(10-11(13)2)17-20-15(3,4)16(5,6)21-17;1-9-8-10(6-7-11(9)12(16)17)15-18-13(2,3)14(4,5)19-15/h8-10H,7H2,1-6H3,(H,18,19);6-8H,1-5H3,(H,16,17). The number of hydrogen-bond acceptors (Lipinski definition) is 6. The summed E-state index contributed by atoms with van der Waals surface area (Å²) in [6, 6.07) is 10.9. The second-order valence-electron chi connectivity index (χ2n) is 12.5. The number of carbonyl (C=O) groups is 2. The Morgan fingerprint density at radius 1 is 0.700 bits per heavy atom. The van der Waals surface area contributed by atoms with E-state index < -0.39 is 31.4 Å². The van der Waals surface area contributed by atoms with Crippen molar-refractivity contribution in [1.82, 2.24) is 5.32 Å². The third kappa shape index (κ3) is 6.46. The second-order valence-corrected chi connectivity index (χ2v) is 12.5. The predicted octanol–water partition coefficient (Wildman–Crippen LogP) is 4.04. The molecule has 0 saturated carbocycles. The molecule has 0 atom stereocenters. The molecule has 0 aromatic heterocycles. The van der Waals surface area contributed by atoms with Gasteiger partial charge in [0.05, 0.1) is 28.0 Å². The molecule has 2 aromatic rings. The molecule has 40 heavy (non-hydrogen) atoms. The zero-order chi connectivity index (χ0) is 30.3. The van der Waals surface area contributed by atoms with Crippen molar-refractivity contribution >= 4 is 37.0 Å². The van der Waals surface area contributed by atoms with Crippen LogP contribution >= 0.6 is 0 Å². The van der Waals surface area contributed by atoms with Crippen LogP contribution in [0.1, 0.15) is 94.2 Å². The van der Waals surface area contributed by atoms with Gasteiger partial charge in [0.15, 0.2) is 0 Å². The molecule has 2 saturated heterocycles. The first kappa shape index (κ1) is 31.9. The third-order valence-corrected chi connectivity index (χ3v) is 8.36. The quantitative estimate of drug-likeness (QED) is 0.541. The number of rotatable bonds is 5. The fraction of sp³-hybridized carbons (Fsp3) is 0.533. The van der Waals surface area contributed by atoms with Crippen molar-refractivity contribution in [3.8, 4) is 0 Å². The van der Waals surface area contributed by atoms with E-state index in [2.05, 4.69) is 5.32 Å². The normalized spacial score (nSPS) is 20.1. The number of aromatic carboxylic acids is 1. The molecule has 2 N–H and O–H groups in total. The first-order valence-corrected chi connectivity index (χ1v) is 13.8. The van der Waals surface area contributed by atoms with Gasteiger partial charge in [-0.2, -0.15) is 0 Å². The Morgan fingerprint density at radius 3 is 1.35 bits per heavy atom. The molecule has 8 nitrogen and oxygen atoms in total. The molecule has 2 fully saturated rings. The van der Waals surface area contributed by atoms with Gasteiger partial charge in [0.25, 0.3) is 5.91 Å². The Bertz CT molecular complexity index is 1240. The highest BCUT2D eigenvalue weighted by Gasteiger charge is 2.52. The van der Waals surface area contributed by atoms with Crippen LogP contribution in [0.4, 0.5) is 0 Å². The average Bonchev–Trinajstić information content (AvgIpc) is 3.18. The first-order chi connectivity index (χ1) is 18.3. The number of amides is 1. The van der Waals surface area contributed by atoms with E-state index in [1.54, 1.807) is 19.1 Å². The lowest BCUT2D eigenvalue weighted by atomic mass is 9.78. The molecule has 0 bridgehead atoms. The van der Waals surface area contributed by atoms with Crippen molar-refractivity contribution in [2.75, 3.05) is 6.54 Å². The summed E-state index contributed by atoms with van der Waals surface area (Å²) in [6.07, 6.45) is 0. The molecular weight excluding hydrogens is 508 g/mol. The van der Waals surface area contributed by atoms with E-state index in [-0.39, 0.29) is 17.1 Å². The van der Waals surface area contributed by atoms with Crippen LogP contribution in [0.15, 0.2) is 36.4 Å². The minimum atomic E-state index is -0.919. The minimum absolute atomic E-state index is 0.0459. The summed E-state index contributed by atoms with van der Waals surface area (Å²) in [6.45, 7) is 22.3. The van der Waals surface area contributed by atoms with Gasteiger partial charge in [-0.15, -0.1) is 0 Å². The zero-order valence-corrected chi connectivity index (χ0v) is 25.7. The van der Waals surface area contributed by atoms with Gasteiger partial charge in [0, 0.05) is 12.1 Å². The van der Waals surface area contributed by atoms with Gasteiger partial charge in [0.1, 0.15) is 0 Å². The summed E-state index contributed by atoms with van der Waals surface area (Å²) in [7, 11) is -0.844. The minimum Gasteiger partial charge on any atom is -0.478 e. The van der Waals surface area contributed by atoms with Crippen LogP contribution in [0.3, 0.4) is 0 Å². The molecule has 1 amide bonds. The Morgan fingerprint density at radius 2 is 1.05 bits per heavy atom. The van der Waals surface area contributed by atoms with Crippen molar-refractivity contribution in [1.29, 1.82) is 0 Å². The van der Waals surface area contributed by atoms with Crippen LogP contribution < -0.4 is 16.2 Å². The van der Waals surface area contributed by atoms with Crippen LogP contribution in [-0.4, -0.2) is 60.2 Å². The van der Waals surface area contributed by atoms with Gasteiger partial charge >= 0.3 is 20.2 Å². The van der Waals surface area contributed by atoms with Crippen LogP contribution in [0.5, 0.6) is 0 Å². The third-order valence-electron chi connectivity index (χ3n) is 8.36. The highest BCUT2D eigenvalue weighted by Crippen LogP contribution is 2.37. The van der Waals surface area contributed by atoms with Crippen LogP contribution in [0, 0.1) is 13.8 Å². The number of aryl methyl sites for hydroxylation is 2. The molecule has 0 unspecified atom stereocenters. The second kappa shape index (κ2) is 11.3.